The van der Waals surface area contributed by atoms with Gasteiger partial charge in [0.25, 0.3) is 0 Å². The average molecular weight is 260 g/mol. The van der Waals surface area contributed by atoms with E-state index in [9.17, 15) is 4.39 Å². The molecule has 2 nitrogen and oxygen atoms in total. The van der Waals surface area contributed by atoms with E-state index >= 15 is 0 Å². The van der Waals surface area contributed by atoms with E-state index in [0.29, 0.717) is 23.2 Å². The summed E-state index contributed by atoms with van der Waals surface area (Å²) in [5, 5.41) is 8.82. The number of rotatable bonds is 4. The summed E-state index contributed by atoms with van der Waals surface area (Å²) in [6, 6.07) is 7.25. The molecule has 1 aromatic rings. The molecule has 1 saturated carbocycles. The Morgan fingerprint density at radius 3 is 2.58 bits per heavy atom. The second kappa shape index (κ2) is 6.06. The number of nitrogens with zero attached hydrogens (tertiary/aromatic N) is 2. The van der Waals surface area contributed by atoms with Crippen LogP contribution in [0.5, 0.6) is 0 Å². The molecular weight excluding hydrogens is 239 g/mol. The molecule has 1 aromatic carbocycles. The van der Waals surface area contributed by atoms with Gasteiger partial charge in [0.15, 0.2) is 0 Å². The molecule has 102 valence electrons. The number of benzene rings is 1. The summed E-state index contributed by atoms with van der Waals surface area (Å²) in [7, 11) is 0. The molecule has 19 heavy (non-hydrogen) atoms. The van der Waals surface area contributed by atoms with Gasteiger partial charge in [-0.25, -0.2) is 4.39 Å². The van der Waals surface area contributed by atoms with Crippen LogP contribution >= 0.6 is 0 Å². The first-order valence-corrected chi connectivity index (χ1v) is 7.08. The highest BCUT2D eigenvalue weighted by Gasteiger charge is 2.25. The summed E-state index contributed by atoms with van der Waals surface area (Å²) in [6.07, 6.45) is 4.76. The second-order valence-corrected chi connectivity index (χ2v) is 5.76. The van der Waals surface area contributed by atoms with Gasteiger partial charge in [-0.1, -0.05) is 26.7 Å². The number of halogens is 1. The SMILES string of the molecule is CC(C)CN(c1ccc(C#N)cc1F)C1CCCC1. The molecule has 0 amide bonds. The summed E-state index contributed by atoms with van der Waals surface area (Å²) >= 11 is 0. The molecule has 0 atom stereocenters. The van der Waals surface area contributed by atoms with Gasteiger partial charge in [-0.2, -0.15) is 5.26 Å². The number of hydrogen-bond donors (Lipinski definition) is 0. The lowest BCUT2D eigenvalue weighted by Gasteiger charge is -2.33. The van der Waals surface area contributed by atoms with E-state index in [1.54, 1.807) is 12.1 Å². The van der Waals surface area contributed by atoms with E-state index < -0.39 is 0 Å². The van der Waals surface area contributed by atoms with E-state index in [0.717, 1.165) is 19.4 Å². The Balaban J connectivity index is 2.29. The smallest absolute Gasteiger partial charge is 0.147 e. The van der Waals surface area contributed by atoms with Gasteiger partial charge in [0, 0.05) is 12.6 Å². The molecule has 1 fully saturated rings. The van der Waals surface area contributed by atoms with Crippen molar-refractivity contribution in [3.8, 4) is 6.07 Å². The number of anilines is 1. The molecular formula is C16H21FN2. The van der Waals surface area contributed by atoms with Crippen molar-refractivity contribution in [1.82, 2.24) is 0 Å². The lowest BCUT2D eigenvalue weighted by atomic mass is 10.1. The molecule has 0 bridgehead atoms. The fourth-order valence-electron chi connectivity index (χ4n) is 2.86. The summed E-state index contributed by atoms with van der Waals surface area (Å²) in [4.78, 5) is 2.20. The number of nitriles is 1. The minimum Gasteiger partial charge on any atom is -0.366 e. The van der Waals surface area contributed by atoms with Crippen LogP contribution < -0.4 is 4.90 Å². The van der Waals surface area contributed by atoms with Crippen molar-refractivity contribution in [2.45, 2.75) is 45.6 Å². The molecule has 0 saturated heterocycles. The van der Waals surface area contributed by atoms with E-state index in [4.69, 9.17) is 5.26 Å². The molecule has 3 heteroatoms. The molecule has 0 aliphatic heterocycles. The van der Waals surface area contributed by atoms with Crippen LogP contribution in [0.15, 0.2) is 18.2 Å². The van der Waals surface area contributed by atoms with E-state index in [1.807, 2.05) is 6.07 Å². The van der Waals surface area contributed by atoms with Gasteiger partial charge in [-0.05, 0) is 37.0 Å². The standard InChI is InChI=1S/C16H21FN2/c1-12(2)11-19(14-5-3-4-6-14)16-8-7-13(10-18)9-15(16)17/h7-9,12,14H,3-6,11H2,1-2H3. The Bertz CT molecular complexity index is 470. The zero-order valence-corrected chi connectivity index (χ0v) is 11.7. The van der Waals surface area contributed by atoms with Gasteiger partial charge in [0.2, 0.25) is 0 Å². The largest absolute Gasteiger partial charge is 0.366 e. The van der Waals surface area contributed by atoms with Gasteiger partial charge in [0.1, 0.15) is 5.82 Å². The van der Waals surface area contributed by atoms with Crippen molar-refractivity contribution in [3.05, 3.63) is 29.6 Å². The van der Waals surface area contributed by atoms with Crippen LogP contribution in [0, 0.1) is 23.1 Å². The van der Waals surface area contributed by atoms with Gasteiger partial charge in [0.05, 0.1) is 17.3 Å². The topological polar surface area (TPSA) is 27.0 Å². The molecule has 0 heterocycles. The molecule has 0 spiro atoms. The maximum absolute atomic E-state index is 14.2. The quantitative estimate of drug-likeness (QED) is 0.814. The van der Waals surface area contributed by atoms with Crippen LogP contribution in [0.2, 0.25) is 0 Å². The molecule has 0 aromatic heterocycles. The summed E-state index contributed by atoms with van der Waals surface area (Å²) in [5.41, 5.74) is 1.04. The zero-order chi connectivity index (χ0) is 13.8. The molecule has 2 rings (SSSR count). The van der Waals surface area contributed by atoms with Crippen molar-refractivity contribution < 1.29 is 4.39 Å². The Morgan fingerprint density at radius 1 is 1.37 bits per heavy atom. The molecule has 1 aliphatic rings. The Morgan fingerprint density at radius 2 is 2.05 bits per heavy atom. The Hall–Kier alpha value is -1.56. The average Bonchev–Trinajstić information content (AvgIpc) is 2.89. The first kappa shape index (κ1) is 13.9. The molecule has 0 radical (unpaired) electrons. The minimum atomic E-state index is -0.272. The van der Waals surface area contributed by atoms with Crippen molar-refractivity contribution >= 4 is 5.69 Å². The maximum atomic E-state index is 14.2. The van der Waals surface area contributed by atoms with Crippen LogP contribution in [-0.2, 0) is 0 Å². The maximum Gasteiger partial charge on any atom is 0.147 e. The van der Waals surface area contributed by atoms with E-state index in [-0.39, 0.29) is 5.82 Å². The second-order valence-electron chi connectivity index (χ2n) is 5.76. The van der Waals surface area contributed by atoms with Crippen molar-refractivity contribution in [2.75, 3.05) is 11.4 Å². The fourth-order valence-corrected chi connectivity index (χ4v) is 2.86. The van der Waals surface area contributed by atoms with Gasteiger partial charge in [-0.15, -0.1) is 0 Å². The summed E-state index contributed by atoms with van der Waals surface area (Å²) < 4.78 is 14.2. The monoisotopic (exact) mass is 260 g/mol. The molecule has 1 aliphatic carbocycles. The van der Waals surface area contributed by atoms with Crippen molar-refractivity contribution in [3.63, 3.8) is 0 Å². The predicted octanol–water partition coefficient (Wildman–Crippen LogP) is 4.10. The van der Waals surface area contributed by atoms with Gasteiger partial charge in [-0.3, -0.25) is 0 Å². The van der Waals surface area contributed by atoms with Gasteiger partial charge < -0.3 is 4.90 Å². The molecule has 0 unspecified atom stereocenters. The minimum absolute atomic E-state index is 0.272. The van der Waals surface area contributed by atoms with Crippen LogP contribution in [0.25, 0.3) is 0 Å². The Kier molecular flexibility index (Phi) is 4.42. The van der Waals surface area contributed by atoms with Crippen LogP contribution in [-0.4, -0.2) is 12.6 Å². The predicted molar refractivity (Wildman–Crippen MR) is 75.6 cm³/mol. The third-order valence-electron chi connectivity index (χ3n) is 3.71. The van der Waals surface area contributed by atoms with Crippen LogP contribution in [0.4, 0.5) is 10.1 Å². The van der Waals surface area contributed by atoms with Crippen molar-refractivity contribution in [2.24, 2.45) is 5.92 Å². The zero-order valence-electron chi connectivity index (χ0n) is 11.7. The third kappa shape index (κ3) is 3.26. The van der Waals surface area contributed by atoms with Gasteiger partial charge >= 0.3 is 0 Å². The molecule has 0 N–H and O–H groups in total. The fraction of sp³-hybridized carbons (Fsp3) is 0.562. The Labute approximate surface area is 114 Å². The highest BCUT2D eigenvalue weighted by atomic mass is 19.1. The third-order valence-corrected chi connectivity index (χ3v) is 3.71. The van der Waals surface area contributed by atoms with E-state index in [2.05, 4.69) is 18.7 Å². The lowest BCUT2D eigenvalue weighted by molar-refractivity contribution is 0.520. The summed E-state index contributed by atoms with van der Waals surface area (Å²) in [5.74, 6) is 0.224. The highest BCUT2D eigenvalue weighted by molar-refractivity contribution is 5.52. The first-order valence-electron chi connectivity index (χ1n) is 7.08. The van der Waals surface area contributed by atoms with Crippen molar-refractivity contribution in [1.29, 1.82) is 5.26 Å². The highest BCUT2D eigenvalue weighted by Crippen LogP contribution is 2.31. The first-order chi connectivity index (χ1) is 9.11. The van der Waals surface area contributed by atoms with Crippen LogP contribution in [0.3, 0.4) is 0 Å². The normalized spacial score (nSPS) is 15.7. The lowest BCUT2D eigenvalue weighted by Crippen LogP contribution is -2.36. The number of hydrogen-bond acceptors (Lipinski definition) is 2. The summed E-state index contributed by atoms with van der Waals surface area (Å²) in [6.45, 7) is 5.18. The van der Waals surface area contributed by atoms with Crippen LogP contribution in [0.1, 0.15) is 45.1 Å². The van der Waals surface area contributed by atoms with E-state index in [1.165, 1.54) is 18.9 Å².